The molecule has 0 bridgehead atoms. The molecule has 0 aliphatic heterocycles. The van der Waals surface area contributed by atoms with Gasteiger partial charge in [0.1, 0.15) is 0 Å². The maximum absolute atomic E-state index is 5.96. The monoisotopic (exact) mass is 345 g/mol. The van der Waals surface area contributed by atoms with Gasteiger partial charge in [-0.1, -0.05) is 51.3 Å². The third-order valence-electron chi connectivity index (χ3n) is 2.44. The normalized spacial score (nSPS) is 12.2. The molecule has 0 saturated carbocycles. The Kier molecular flexibility index (Phi) is 4.43. The molecule has 1 aromatic carbocycles. The molecule has 0 fully saturated rings. The summed E-state index contributed by atoms with van der Waals surface area (Å²) in [6.07, 6.45) is 0. The summed E-state index contributed by atoms with van der Waals surface area (Å²) >= 11 is 15.2. The van der Waals surface area contributed by atoms with Crippen LogP contribution in [0.5, 0.6) is 0 Å². The summed E-state index contributed by atoms with van der Waals surface area (Å²) in [5.74, 6) is 0. The first-order chi connectivity index (χ1) is 8.56. The lowest BCUT2D eigenvalue weighted by Crippen LogP contribution is -2.07. The second-order valence-electron chi connectivity index (χ2n) is 3.79. The summed E-state index contributed by atoms with van der Waals surface area (Å²) < 4.78 is 1.03. The van der Waals surface area contributed by atoms with Crippen molar-refractivity contribution >= 4 is 44.8 Å². The van der Waals surface area contributed by atoms with Gasteiger partial charge in [-0.05, 0) is 24.6 Å². The van der Waals surface area contributed by atoms with Gasteiger partial charge in [-0.15, -0.1) is 10.2 Å². The third-order valence-corrected chi connectivity index (χ3v) is 3.40. The van der Waals surface area contributed by atoms with Crippen molar-refractivity contribution in [2.24, 2.45) is 0 Å². The lowest BCUT2D eigenvalue weighted by Gasteiger charge is -2.16. The Balaban J connectivity index is 2.21. The highest BCUT2D eigenvalue weighted by molar-refractivity contribution is 9.10. The second-order valence-corrected chi connectivity index (χ2v) is 5.45. The van der Waals surface area contributed by atoms with E-state index in [0.717, 1.165) is 10.0 Å². The smallest absolute Gasteiger partial charge is 0.174 e. The van der Waals surface area contributed by atoms with E-state index in [2.05, 4.69) is 31.4 Å². The first-order valence-corrected chi connectivity index (χ1v) is 6.82. The SMILES string of the molecule is CC(Nc1cc(Cl)nnc1Cl)c1cccc(Br)c1. The minimum atomic E-state index is 0.0836. The molecule has 0 aliphatic carbocycles. The molecule has 1 heterocycles. The van der Waals surface area contributed by atoms with Crippen LogP contribution >= 0.6 is 39.1 Å². The minimum Gasteiger partial charge on any atom is -0.376 e. The van der Waals surface area contributed by atoms with Gasteiger partial charge in [0.25, 0.3) is 0 Å². The van der Waals surface area contributed by atoms with Crippen LogP contribution in [0.15, 0.2) is 34.8 Å². The fraction of sp³-hybridized carbons (Fsp3) is 0.167. The van der Waals surface area contributed by atoms with Crippen molar-refractivity contribution in [3.63, 3.8) is 0 Å². The Morgan fingerprint density at radius 1 is 1.22 bits per heavy atom. The van der Waals surface area contributed by atoms with E-state index >= 15 is 0 Å². The first kappa shape index (κ1) is 13.6. The summed E-state index contributed by atoms with van der Waals surface area (Å²) in [5, 5.41) is 11.3. The number of rotatable bonds is 3. The van der Waals surface area contributed by atoms with Crippen molar-refractivity contribution in [1.29, 1.82) is 0 Å². The number of hydrogen-bond donors (Lipinski definition) is 1. The van der Waals surface area contributed by atoms with Crippen molar-refractivity contribution < 1.29 is 0 Å². The summed E-state index contributed by atoms with van der Waals surface area (Å²) in [5.41, 5.74) is 1.80. The first-order valence-electron chi connectivity index (χ1n) is 5.27. The lowest BCUT2D eigenvalue weighted by molar-refractivity contribution is 0.877. The van der Waals surface area contributed by atoms with Crippen molar-refractivity contribution in [2.45, 2.75) is 13.0 Å². The molecule has 1 atom stereocenters. The molecule has 6 heteroatoms. The van der Waals surface area contributed by atoms with Gasteiger partial charge in [-0.2, -0.15) is 0 Å². The fourth-order valence-corrected chi connectivity index (χ4v) is 2.26. The van der Waals surface area contributed by atoms with Crippen LogP contribution in [0, 0.1) is 0 Å². The molecular formula is C12H10BrCl2N3. The number of nitrogens with one attached hydrogen (secondary N) is 1. The van der Waals surface area contributed by atoms with Crippen LogP contribution in [0.4, 0.5) is 5.69 Å². The molecule has 0 amide bonds. The van der Waals surface area contributed by atoms with Crippen molar-refractivity contribution in [3.05, 3.63) is 50.7 Å². The molecule has 0 saturated heterocycles. The number of anilines is 1. The highest BCUT2D eigenvalue weighted by Gasteiger charge is 2.10. The summed E-state index contributed by atoms with van der Waals surface area (Å²) in [6.45, 7) is 2.03. The number of benzene rings is 1. The van der Waals surface area contributed by atoms with Crippen molar-refractivity contribution in [2.75, 3.05) is 5.32 Å². The number of hydrogen-bond acceptors (Lipinski definition) is 3. The van der Waals surface area contributed by atoms with Crippen LogP contribution in [0.25, 0.3) is 0 Å². The summed E-state index contributed by atoms with van der Waals surface area (Å²) in [7, 11) is 0. The maximum Gasteiger partial charge on any atom is 0.174 e. The zero-order valence-corrected chi connectivity index (χ0v) is 12.6. The molecule has 1 unspecified atom stereocenters. The molecule has 0 spiro atoms. The zero-order chi connectivity index (χ0) is 13.1. The highest BCUT2D eigenvalue weighted by atomic mass is 79.9. The summed E-state index contributed by atoms with van der Waals surface area (Å²) in [6, 6.07) is 9.78. The van der Waals surface area contributed by atoms with E-state index in [-0.39, 0.29) is 6.04 Å². The van der Waals surface area contributed by atoms with Crippen molar-refractivity contribution in [1.82, 2.24) is 10.2 Å². The Morgan fingerprint density at radius 3 is 2.72 bits per heavy atom. The molecular weight excluding hydrogens is 337 g/mol. The topological polar surface area (TPSA) is 37.8 Å². The molecule has 3 nitrogen and oxygen atoms in total. The van der Waals surface area contributed by atoms with E-state index in [1.165, 1.54) is 0 Å². The van der Waals surface area contributed by atoms with Crippen LogP contribution in [0.3, 0.4) is 0 Å². The average molecular weight is 347 g/mol. The predicted octanol–water partition coefficient (Wildman–Crippen LogP) is 4.72. The quantitative estimate of drug-likeness (QED) is 0.873. The Morgan fingerprint density at radius 2 is 2.00 bits per heavy atom. The van der Waals surface area contributed by atoms with E-state index in [4.69, 9.17) is 23.2 Å². The van der Waals surface area contributed by atoms with Gasteiger partial charge in [-0.3, -0.25) is 0 Å². The molecule has 18 heavy (non-hydrogen) atoms. The van der Waals surface area contributed by atoms with Gasteiger partial charge in [-0.25, -0.2) is 0 Å². The van der Waals surface area contributed by atoms with Gasteiger partial charge < -0.3 is 5.32 Å². The zero-order valence-electron chi connectivity index (χ0n) is 9.49. The Labute approximate surface area is 124 Å². The fourth-order valence-electron chi connectivity index (χ4n) is 1.55. The maximum atomic E-state index is 5.96. The Hall–Kier alpha value is -0.840. The number of halogens is 3. The van der Waals surface area contributed by atoms with Crippen LogP contribution in [0.2, 0.25) is 10.3 Å². The second kappa shape index (κ2) is 5.87. The number of nitrogens with zero attached hydrogens (tertiary/aromatic N) is 2. The predicted molar refractivity (Wildman–Crippen MR) is 78.2 cm³/mol. The highest BCUT2D eigenvalue weighted by Crippen LogP contribution is 2.26. The molecule has 2 rings (SSSR count). The van der Waals surface area contributed by atoms with Crippen molar-refractivity contribution in [3.8, 4) is 0 Å². The van der Waals surface area contributed by atoms with E-state index in [9.17, 15) is 0 Å². The van der Waals surface area contributed by atoms with E-state index in [1.807, 2.05) is 31.2 Å². The van der Waals surface area contributed by atoms with E-state index < -0.39 is 0 Å². The van der Waals surface area contributed by atoms with Gasteiger partial charge >= 0.3 is 0 Å². The number of aromatic nitrogens is 2. The van der Waals surface area contributed by atoms with Crippen LogP contribution in [-0.4, -0.2) is 10.2 Å². The molecule has 1 N–H and O–H groups in total. The van der Waals surface area contributed by atoms with Gasteiger partial charge in [0, 0.05) is 16.6 Å². The van der Waals surface area contributed by atoms with Crippen LogP contribution in [0.1, 0.15) is 18.5 Å². The molecule has 1 aromatic heterocycles. The van der Waals surface area contributed by atoms with E-state index in [0.29, 0.717) is 16.0 Å². The molecule has 2 aromatic rings. The van der Waals surface area contributed by atoms with Gasteiger partial charge in [0.2, 0.25) is 0 Å². The standard InChI is InChI=1S/C12H10BrCl2N3/c1-7(8-3-2-4-9(13)5-8)16-10-6-11(14)17-18-12(10)15/h2-7H,1H3,(H,16,17). The summed E-state index contributed by atoms with van der Waals surface area (Å²) in [4.78, 5) is 0. The average Bonchev–Trinajstić information content (AvgIpc) is 2.34. The third kappa shape index (κ3) is 3.34. The van der Waals surface area contributed by atoms with Gasteiger partial charge in [0.05, 0.1) is 5.69 Å². The minimum absolute atomic E-state index is 0.0836. The largest absolute Gasteiger partial charge is 0.376 e. The van der Waals surface area contributed by atoms with Gasteiger partial charge in [0.15, 0.2) is 10.3 Å². The lowest BCUT2D eigenvalue weighted by atomic mass is 10.1. The molecule has 0 aliphatic rings. The Bertz CT molecular complexity index is 563. The van der Waals surface area contributed by atoms with E-state index in [1.54, 1.807) is 6.07 Å². The molecule has 94 valence electrons. The van der Waals surface area contributed by atoms with Crippen LogP contribution in [-0.2, 0) is 0 Å². The van der Waals surface area contributed by atoms with Crippen LogP contribution < -0.4 is 5.32 Å². The molecule has 0 radical (unpaired) electrons.